The summed E-state index contributed by atoms with van der Waals surface area (Å²) in [5.74, 6) is 0. The Labute approximate surface area is 50.8 Å². The lowest BCUT2D eigenvalue weighted by Gasteiger charge is -2.05. The first kappa shape index (κ1) is 7.50. The largest absolute Gasteiger partial charge is 0.392 e. The van der Waals surface area contributed by atoms with Crippen LogP contribution in [0.4, 0.5) is 0 Å². The van der Waals surface area contributed by atoms with Crippen molar-refractivity contribution in [3.8, 4) is 0 Å². The van der Waals surface area contributed by atoms with Gasteiger partial charge in [0.05, 0.1) is 0 Å². The zero-order chi connectivity index (χ0) is 6.57. The fourth-order valence-corrected chi connectivity index (χ4v) is 0.491. The first-order valence-electron chi connectivity index (χ1n) is 2.78. The predicted molar refractivity (Wildman–Crippen MR) is 36.5 cm³/mol. The average Bonchev–Trinajstić information content (AvgIpc) is 1.65. The van der Waals surface area contributed by atoms with Crippen molar-refractivity contribution in [1.29, 1.82) is 0 Å². The summed E-state index contributed by atoms with van der Waals surface area (Å²) < 4.78 is 0. The van der Waals surface area contributed by atoms with Crippen molar-refractivity contribution in [3.63, 3.8) is 0 Å². The summed E-state index contributed by atoms with van der Waals surface area (Å²) >= 11 is 0. The Balaban J connectivity index is 3.25. The van der Waals surface area contributed by atoms with Gasteiger partial charge in [-0.15, -0.1) is 0 Å². The van der Waals surface area contributed by atoms with E-state index >= 15 is 0 Å². The number of rotatable bonds is 3. The van der Waals surface area contributed by atoms with E-state index in [1.165, 1.54) is 0 Å². The van der Waals surface area contributed by atoms with Gasteiger partial charge >= 0.3 is 0 Å². The summed E-state index contributed by atoms with van der Waals surface area (Å²) in [5, 5.41) is 2.92. The lowest BCUT2D eigenvalue weighted by molar-refractivity contribution is 0.699. The summed E-state index contributed by atoms with van der Waals surface area (Å²) in [7, 11) is 1.85. The normalized spacial score (nSPS) is 12.9. The number of nitrogens with one attached hydrogen (secondary N) is 1. The van der Waals surface area contributed by atoms with Crippen LogP contribution in [0.15, 0.2) is 12.3 Å². The van der Waals surface area contributed by atoms with Crippen molar-refractivity contribution in [2.45, 2.75) is 19.4 Å². The Bertz CT molecular complexity index is 76.6. The molecule has 48 valence electrons. The van der Waals surface area contributed by atoms with Crippen LogP contribution < -0.4 is 11.1 Å². The van der Waals surface area contributed by atoms with Crippen LogP contribution in [0.2, 0.25) is 0 Å². The maximum absolute atomic E-state index is 5.47. The molecule has 2 nitrogen and oxygen atoms in total. The van der Waals surface area contributed by atoms with Crippen LogP contribution in [0.25, 0.3) is 0 Å². The SMILES string of the molecule is C=C(CC(C)N)NC. The Morgan fingerprint density at radius 1 is 1.88 bits per heavy atom. The maximum Gasteiger partial charge on any atom is 0.00648 e. The first-order valence-corrected chi connectivity index (χ1v) is 2.78. The fourth-order valence-electron chi connectivity index (χ4n) is 0.491. The molecule has 0 heterocycles. The third-order valence-electron chi connectivity index (χ3n) is 0.922. The minimum Gasteiger partial charge on any atom is -0.392 e. The smallest absolute Gasteiger partial charge is 0.00648 e. The maximum atomic E-state index is 5.47. The van der Waals surface area contributed by atoms with Crippen LogP contribution in [0.5, 0.6) is 0 Å². The molecule has 3 N–H and O–H groups in total. The van der Waals surface area contributed by atoms with Gasteiger partial charge in [0, 0.05) is 25.2 Å². The molecule has 0 saturated heterocycles. The molecule has 0 radical (unpaired) electrons. The third-order valence-corrected chi connectivity index (χ3v) is 0.922. The second-order valence-corrected chi connectivity index (χ2v) is 2.03. The second-order valence-electron chi connectivity index (χ2n) is 2.03. The van der Waals surface area contributed by atoms with Crippen molar-refractivity contribution in [2.75, 3.05) is 7.05 Å². The molecule has 0 aliphatic carbocycles. The average molecular weight is 114 g/mol. The molecule has 0 bridgehead atoms. The van der Waals surface area contributed by atoms with Gasteiger partial charge in [-0.1, -0.05) is 6.58 Å². The molecule has 0 aromatic heterocycles. The number of hydrogen-bond acceptors (Lipinski definition) is 2. The van der Waals surface area contributed by atoms with E-state index < -0.39 is 0 Å². The van der Waals surface area contributed by atoms with Gasteiger partial charge in [-0.2, -0.15) is 0 Å². The molecule has 0 saturated carbocycles. The molecule has 0 aromatic carbocycles. The Kier molecular flexibility index (Phi) is 3.28. The lowest BCUT2D eigenvalue weighted by Crippen LogP contribution is -2.19. The Morgan fingerprint density at radius 3 is 2.50 bits per heavy atom. The van der Waals surface area contributed by atoms with Crippen LogP contribution in [0.1, 0.15) is 13.3 Å². The van der Waals surface area contributed by atoms with Crippen LogP contribution in [-0.2, 0) is 0 Å². The summed E-state index contributed by atoms with van der Waals surface area (Å²) in [6.45, 7) is 5.68. The summed E-state index contributed by atoms with van der Waals surface area (Å²) in [5.41, 5.74) is 6.47. The molecular weight excluding hydrogens is 100 g/mol. The van der Waals surface area contributed by atoms with Gasteiger partial charge in [-0.05, 0) is 6.92 Å². The number of nitrogens with two attached hydrogens (primary N) is 1. The molecule has 0 aliphatic rings. The van der Waals surface area contributed by atoms with Crippen LogP contribution in [0.3, 0.4) is 0 Å². The number of hydrogen-bond donors (Lipinski definition) is 2. The molecule has 1 unspecified atom stereocenters. The van der Waals surface area contributed by atoms with Crippen LogP contribution in [0, 0.1) is 0 Å². The quantitative estimate of drug-likeness (QED) is 0.559. The second kappa shape index (κ2) is 3.50. The summed E-state index contributed by atoms with van der Waals surface area (Å²) in [6.07, 6.45) is 0.858. The van der Waals surface area contributed by atoms with Gasteiger partial charge in [0.15, 0.2) is 0 Å². The highest BCUT2D eigenvalue weighted by atomic mass is 14.8. The van der Waals surface area contributed by atoms with Gasteiger partial charge < -0.3 is 11.1 Å². The van der Waals surface area contributed by atoms with Crippen LogP contribution in [-0.4, -0.2) is 13.1 Å². The van der Waals surface area contributed by atoms with Crippen molar-refractivity contribution >= 4 is 0 Å². The van der Waals surface area contributed by atoms with E-state index in [2.05, 4.69) is 11.9 Å². The lowest BCUT2D eigenvalue weighted by atomic mass is 10.2. The van der Waals surface area contributed by atoms with E-state index in [4.69, 9.17) is 5.73 Å². The van der Waals surface area contributed by atoms with Gasteiger partial charge in [0.25, 0.3) is 0 Å². The van der Waals surface area contributed by atoms with Crippen molar-refractivity contribution in [3.05, 3.63) is 12.3 Å². The summed E-state index contributed by atoms with van der Waals surface area (Å²) in [4.78, 5) is 0. The van der Waals surface area contributed by atoms with Crippen LogP contribution >= 0.6 is 0 Å². The van der Waals surface area contributed by atoms with E-state index in [0.29, 0.717) is 0 Å². The monoisotopic (exact) mass is 114 g/mol. The van der Waals surface area contributed by atoms with E-state index in [1.807, 2.05) is 14.0 Å². The van der Waals surface area contributed by atoms with E-state index in [0.717, 1.165) is 12.1 Å². The van der Waals surface area contributed by atoms with Gasteiger partial charge in [-0.25, -0.2) is 0 Å². The zero-order valence-electron chi connectivity index (χ0n) is 5.57. The molecule has 0 aromatic rings. The van der Waals surface area contributed by atoms with E-state index in [-0.39, 0.29) is 6.04 Å². The summed E-state index contributed by atoms with van der Waals surface area (Å²) in [6, 6.07) is 0.218. The first-order chi connectivity index (χ1) is 3.66. The van der Waals surface area contributed by atoms with E-state index in [9.17, 15) is 0 Å². The van der Waals surface area contributed by atoms with Gasteiger partial charge in [0.1, 0.15) is 0 Å². The highest BCUT2D eigenvalue weighted by Gasteiger charge is 1.93. The van der Waals surface area contributed by atoms with Crippen molar-refractivity contribution < 1.29 is 0 Å². The Hall–Kier alpha value is -0.500. The highest BCUT2D eigenvalue weighted by Crippen LogP contribution is 1.93. The van der Waals surface area contributed by atoms with Crippen molar-refractivity contribution in [1.82, 2.24) is 5.32 Å². The molecule has 8 heavy (non-hydrogen) atoms. The molecular formula is C6H14N2. The van der Waals surface area contributed by atoms with Crippen molar-refractivity contribution in [2.24, 2.45) is 5.73 Å². The molecule has 0 rings (SSSR count). The van der Waals surface area contributed by atoms with E-state index in [1.54, 1.807) is 0 Å². The molecule has 0 amide bonds. The highest BCUT2D eigenvalue weighted by molar-refractivity contribution is 4.91. The molecule has 0 spiro atoms. The van der Waals surface area contributed by atoms with Gasteiger partial charge in [0.2, 0.25) is 0 Å². The Morgan fingerprint density at radius 2 is 2.38 bits per heavy atom. The standard InChI is InChI=1S/C6H14N2/c1-5(7)4-6(2)8-3/h5,8H,2,4,7H2,1,3H3. The molecule has 2 heteroatoms. The van der Waals surface area contributed by atoms with Gasteiger partial charge in [-0.3, -0.25) is 0 Å². The molecule has 1 atom stereocenters. The minimum absolute atomic E-state index is 0.218. The minimum atomic E-state index is 0.218. The fraction of sp³-hybridized carbons (Fsp3) is 0.667. The topological polar surface area (TPSA) is 38.0 Å². The third kappa shape index (κ3) is 3.68. The molecule has 0 fully saturated rings. The zero-order valence-corrected chi connectivity index (χ0v) is 5.57. The predicted octanol–water partition coefficient (Wildman–Crippen LogP) is 0.457. The molecule has 0 aliphatic heterocycles.